The molecule has 0 spiro atoms. The maximum atomic E-state index is 13.3. The fourth-order valence-corrected chi connectivity index (χ4v) is 2.45. The van der Waals surface area contributed by atoms with E-state index >= 15 is 0 Å². The first-order valence-electron chi connectivity index (χ1n) is 7.62. The summed E-state index contributed by atoms with van der Waals surface area (Å²) in [6, 6.07) is 23.8. The largest absolute Gasteiger partial charge is 0.494 e. The first-order chi connectivity index (χ1) is 11.8. The number of halogens is 1. The zero-order valence-corrected chi connectivity index (χ0v) is 13.3. The molecule has 3 rings (SSSR count). The van der Waals surface area contributed by atoms with E-state index in [1.54, 1.807) is 6.07 Å². The molecule has 3 nitrogen and oxygen atoms in total. The third kappa shape index (κ3) is 3.66. The van der Waals surface area contributed by atoms with E-state index in [4.69, 9.17) is 4.74 Å². The van der Waals surface area contributed by atoms with Crippen LogP contribution in [0.5, 0.6) is 5.75 Å². The van der Waals surface area contributed by atoms with E-state index in [1.807, 2.05) is 60.7 Å². The quantitative estimate of drug-likeness (QED) is 0.555. The molecule has 0 aliphatic heterocycles. The van der Waals surface area contributed by atoms with Crippen molar-refractivity contribution in [3.63, 3.8) is 0 Å². The molecule has 0 aromatic heterocycles. The van der Waals surface area contributed by atoms with Crippen LogP contribution in [0.3, 0.4) is 0 Å². The number of azo groups is 1. The van der Waals surface area contributed by atoms with Gasteiger partial charge in [0, 0.05) is 6.07 Å². The maximum absolute atomic E-state index is 13.3. The summed E-state index contributed by atoms with van der Waals surface area (Å²) in [6.07, 6.45) is 0. The summed E-state index contributed by atoms with van der Waals surface area (Å²) < 4.78 is 18.5. The van der Waals surface area contributed by atoms with Crippen LogP contribution in [-0.2, 0) is 0 Å². The monoisotopic (exact) mass is 320 g/mol. The Morgan fingerprint density at radius 1 is 0.833 bits per heavy atom. The van der Waals surface area contributed by atoms with Crippen LogP contribution in [0.15, 0.2) is 89.1 Å². The minimum atomic E-state index is -0.367. The zero-order valence-electron chi connectivity index (χ0n) is 13.3. The van der Waals surface area contributed by atoms with E-state index in [9.17, 15) is 4.39 Å². The van der Waals surface area contributed by atoms with Gasteiger partial charge in [0.25, 0.3) is 0 Å². The normalized spacial score (nSPS) is 11.1. The lowest BCUT2D eigenvalue weighted by atomic mass is 10.00. The molecule has 0 unspecified atom stereocenters. The van der Waals surface area contributed by atoms with Gasteiger partial charge in [-0.3, -0.25) is 0 Å². The molecule has 0 saturated carbocycles. The summed E-state index contributed by atoms with van der Waals surface area (Å²) in [5.74, 6) is -0.00732. The van der Waals surface area contributed by atoms with Crippen LogP contribution in [-0.4, -0.2) is 7.11 Å². The van der Waals surface area contributed by atoms with Crippen LogP contribution in [0.1, 0.15) is 17.2 Å². The van der Waals surface area contributed by atoms with Gasteiger partial charge < -0.3 is 4.74 Å². The zero-order chi connectivity index (χ0) is 16.8. The fraction of sp³-hybridized carbons (Fsp3) is 0.100. The molecule has 3 aromatic carbocycles. The topological polar surface area (TPSA) is 34.0 Å². The highest BCUT2D eigenvalue weighted by atomic mass is 19.1. The molecule has 0 saturated heterocycles. The smallest absolute Gasteiger partial charge is 0.149 e. The van der Waals surface area contributed by atoms with Crippen molar-refractivity contribution in [1.29, 1.82) is 0 Å². The Bertz CT molecular complexity index is 780. The molecule has 120 valence electrons. The summed E-state index contributed by atoms with van der Waals surface area (Å²) in [4.78, 5) is 0. The Hall–Kier alpha value is -3.01. The average molecular weight is 320 g/mol. The van der Waals surface area contributed by atoms with Gasteiger partial charge in [-0.15, -0.1) is 0 Å². The SMILES string of the molecule is COc1cc(F)ccc1N=NC(c1ccccc1)c1ccccc1. The molecule has 0 radical (unpaired) electrons. The lowest BCUT2D eigenvalue weighted by Crippen LogP contribution is -1.97. The Balaban J connectivity index is 1.99. The highest BCUT2D eigenvalue weighted by Gasteiger charge is 2.13. The number of hydrogen-bond acceptors (Lipinski definition) is 3. The van der Waals surface area contributed by atoms with Gasteiger partial charge in [-0.1, -0.05) is 60.7 Å². The van der Waals surface area contributed by atoms with Crippen molar-refractivity contribution in [3.8, 4) is 5.75 Å². The second kappa shape index (κ2) is 7.51. The molecule has 4 heteroatoms. The van der Waals surface area contributed by atoms with Gasteiger partial charge in [0.15, 0.2) is 0 Å². The third-order valence-corrected chi connectivity index (χ3v) is 3.65. The summed E-state index contributed by atoms with van der Waals surface area (Å²) in [5, 5.41) is 8.80. The van der Waals surface area contributed by atoms with E-state index in [0.29, 0.717) is 11.4 Å². The molecule has 0 heterocycles. The Morgan fingerprint density at radius 2 is 1.42 bits per heavy atom. The fourth-order valence-electron chi connectivity index (χ4n) is 2.45. The lowest BCUT2D eigenvalue weighted by molar-refractivity contribution is 0.412. The number of ether oxygens (including phenoxy) is 1. The second-order valence-corrected chi connectivity index (χ2v) is 5.26. The van der Waals surface area contributed by atoms with E-state index in [0.717, 1.165) is 11.1 Å². The lowest BCUT2D eigenvalue weighted by Gasteiger charge is -2.12. The average Bonchev–Trinajstić information content (AvgIpc) is 2.64. The predicted octanol–water partition coefficient (Wildman–Crippen LogP) is 5.71. The third-order valence-electron chi connectivity index (χ3n) is 3.65. The van der Waals surface area contributed by atoms with Crippen LogP contribution in [0.4, 0.5) is 10.1 Å². The van der Waals surface area contributed by atoms with Crippen molar-refractivity contribution >= 4 is 5.69 Å². The number of hydrogen-bond donors (Lipinski definition) is 0. The van der Waals surface area contributed by atoms with Crippen molar-refractivity contribution in [2.75, 3.05) is 7.11 Å². The molecule has 0 amide bonds. The van der Waals surface area contributed by atoms with Crippen molar-refractivity contribution in [2.24, 2.45) is 10.2 Å². The first kappa shape index (κ1) is 15.9. The molecule has 0 fully saturated rings. The number of nitrogens with zero attached hydrogens (tertiary/aromatic N) is 2. The molecular weight excluding hydrogens is 303 g/mol. The van der Waals surface area contributed by atoms with E-state index in [2.05, 4.69) is 10.2 Å². The van der Waals surface area contributed by atoms with Crippen molar-refractivity contribution in [3.05, 3.63) is 95.8 Å². The molecule has 0 N–H and O–H groups in total. The summed E-state index contributed by atoms with van der Waals surface area (Å²) >= 11 is 0. The van der Waals surface area contributed by atoms with E-state index in [-0.39, 0.29) is 11.9 Å². The van der Waals surface area contributed by atoms with Gasteiger partial charge >= 0.3 is 0 Å². The van der Waals surface area contributed by atoms with Crippen molar-refractivity contribution in [1.82, 2.24) is 0 Å². The Morgan fingerprint density at radius 3 is 1.96 bits per heavy atom. The summed E-state index contributed by atoms with van der Waals surface area (Å²) in [5.41, 5.74) is 2.57. The van der Waals surface area contributed by atoms with E-state index in [1.165, 1.54) is 19.2 Å². The maximum Gasteiger partial charge on any atom is 0.149 e. The molecule has 0 bridgehead atoms. The summed E-state index contributed by atoms with van der Waals surface area (Å²) in [6.45, 7) is 0. The number of methoxy groups -OCH3 is 1. The van der Waals surface area contributed by atoms with Crippen molar-refractivity contribution < 1.29 is 9.13 Å². The highest BCUT2D eigenvalue weighted by Crippen LogP contribution is 2.32. The van der Waals surface area contributed by atoms with Gasteiger partial charge in [-0.05, 0) is 23.3 Å². The van der Waals surface area contributed by atoms with Crippen LogP contribution >= 0.6 is 0 Å². The van der Waals surface area contributed by atoms with Gasteiger partial charge in [0.1, 0.15) is 23.3 Å². The van der Waals surface area contributed by atoms with Gasteiger partial charge in [0.05, 0.1) is 7.11 Å². The minimum Gasteiger partial charge on any atom is -0.494 e. The first-order valence-corrected chi connectivity index (χ1v) is 7.62. The van der Waals surface area contributed by atoms with Crippen LogP contribution < -0.4 is 4.74 Å². The van der Waals surface area contributed by atoms with Gasteiger partial charge in [-0.2, -0.15) is 10.2 Å². The standard InChI is InChI=1S/C20H17FN2O/c1-24-19-14-17(21)12-13-18(19)22-23-20(15-8-4-2-5-9-15)16-10-6-3-7-11-16/h2-14,20H,1H3. The van der Waals surface area contributed by atoms with Crippen LogP contribution in [0.2, 0.25) is 0 Å². The Labute approximate surface area is 140 Å². The molecular formula is C20H17FN2O. The highest BCUT2D eigenvalue weighted by molar-refractivity contribution is 5.51. The Kier molecular flexibility index (Phi) is 4.96. The van der Waals surface area contributed by atoms with Crippen LogP contribution in [0, 0.1) is 5.82 Å². The van der Waals surface area contributed by atoms with Crippen molar-refractivity contribution in [2.45, 2.75) is 6.04 Å². The minimum absolute atomic E-state index is 0.234. The van der Waals surface area contributed by atoms with Gasteiger partial charge in [0.2, 0.25) is 0 Å². The molecule has 0 aliphatic rings. The van der Waals surface area contributed by atoms with Gasteiger partial charge in [-0.25, -0.2) is 4.39 Å². The second-order valence-electron chi connectivity index (χ2n) is 5.26. The molecule has 3 aromatic rings. The predicted molar refractivity (Wildman–Crippen MR) is 92.2 cm³/mol. The molecule has 0 atom stereocenters. The number of benzene rings is 3. The molecule has 24 heavy (non-hydrogen) atoms. The summed E-state index contributed by atoms with van der Waals surface area (Å²) in [7, 11) is 1.49. The van der Waals surface area contributed by atoms with Crippen LogP contribution in [0.25, 0.3) is 0 Å². The molecule has 0 aliphatic carbocycles. The van der Waals surface area contributed by atoms with E-state index < -0.39 is 0 Å². The number of rotatable bonds is 5.